The van der Waals surface area contributed by atoms with Gasteiger partial charge in [0.2, 0.25) is 0 Å². The lowest BCUT2D eigenvalue weighted by molar-refractivity contribution is -0.140. The Kier molecular flexibility index (Phi) is 12.6. The average molecular weight is 432 g/mol. The van der Waals surface area contributed by atoms with Crippen LogP contribution in [0.2, 0.25) is 0 Å². The SMILES string of the molecule is C/P=C\CN(CCCN1CCN(CC(=O)O)CCN(CC(=O)O)CC1)CC(=O)O. The molecule has 166 valence electrons. The average Bonchev–Trinajstić information content (AvgIpc) is 2.71. The first-order chi connectivity index (χ1) is 13.8. The molecule has 11 heteroatoms. The second-order valence-corrected chi connectivity index (χ2v) is 7.99. The molecule has 0 radical (unpaired) electrons. The number of carboxylic acid groups (broad SMARTS) is 3. The van der Waals surface area contributed by atoms with Gasteiger partial charge in [-0.1, -0.05) is 0 Å². The minimum absolute atomic E-state index is 0.00476. The number of hydrogen-bond donors (Lipinski definition) is 3. The number of carbonyl (C=O) groups is 3. The zero-order valence-corrected chi connectivity index (χ0v) is 18.0. The summed E-state index contributed by atoms with van der Waals surface area (Å²) in [6, 6.07) is 0. The monoisotopic (exact) mass is 432 g/mol. The summed E-state index contributed by atoms with van der Waals surface area (Å²) in [6.07, 6.45) is 0.791. The van der Waals surface area contributed by atoms with Crippen LogP contribution >= 0.6 is 8.20 Å². The Morgan fingerprint density at radius 2 is 1.34 bits per heavy atom. The van der Waals surface area contributed by atoms with Crippen molar-refractivity contribution in [2.24, 2.45) is 0 Å². The van der Waals surface area contributed by atoms with Gasteiger partial charge in [-0.2, -0.15) is 0 Å². The molecule has 0 aliphatic carbocycles. The molecule has 0 amide bonds. The molecule has 0 atom stereocenters. The molecule has 1 heterocycles. The molecule has 0 aromatic heterocycles. The lowest BCUT2D eigenvalue weighted by Gasteiger charge is -2.26. The summed E-state index contributed by atoms with van der Waals surface area (Å²) in [5.74, 6) is -0.605. The van der Waals surface area contributed by atoms with Crippen molar-refractivity contribution in [1.82, 2.24) is 19.6 Å². The fourth-order valence-electron chi connectivity index (χ4n) is 3.25. The Morgan fingerprint density at radius 1 is 0.862 bits per heavy atom. The third-order valence-corrected chi connectivity index (χ3v) is 5.27. The normalized spacial score (nSPS) is 17.9. The van der Waals surface area contributed by atoms with Crippen LogP contribution in [0.3, 0.4) is 0 Å². The van der Waals surface area contributed by atoms with Gasteiger partial charge in [-0.3, -0.25) is 29.1 Å². The maximum Gasteiger partial charge on any atom is 0.317 e. The molecule has 29 heavy (non-hydrogen) atoms. The Balaban J connectivity index is 2.62. The number of nitrogens with zero attached hydrogens (tertiary/aromatic N) is 4. The van der Waals surface area contributed by atoms with Crippen LogP contribution in [-0.4, -0.2) is 144 Å². The van der Waals surface area contributed by atoms with E-state index in [-0.39, 0.29) is 19.6 Å². The molecule has 10 nitrogen and oxygen atoms in total. The maximum absolute atomic E-state index is 11.1. The highest BCUT2D eigenvalue weighted by molar-refractivity contribution is 7.37. The predicted molar refractivity (Wildman–Crippen MR) is 112 cm³/mol. The van der Waals surface area contributed by atoms with Crippen LogP contribution in [0, 0.1) is 0 Å². The minimum Gasteiger partial charge on any atom is -0.480 e. The van der Waals surface area contributed by atoms with E-state index in [1.165, 1.54) is 0 Å². The first kappa shape index (κ1) is 25.5. The van der Waals surface area contributed by atoms with Crippen LogP contribution < -0.4 is 0 Å². The van der Waals surface area contributed by atoms with Gasteiger partial charge >= 0.3 is 17.9 Å². The van der Waals surface area contributed by atoms with Gasteiger partial charge in [-0.25, -0.2) is 0 Å². The lowest BCUT2D eigenvalue weighted by atomic mass is 10.3. The third kappa shape index (κ3) is 12.6. The quantitative estimate of drug-likeness (QED) is 0.339. The van der Waals surface area contributed by atoms with E-state index in [1.807, 2.05) is 27.2 Å². The predicted octanol–water partition coefficient (Wildman–Crippen LogP) is -0.770. The van der Waals surface area contributed by atoms with Crippen LogP contribution in [0.4, 0.5) is 0 Å². The molecule has 1 aliphatic rings. The molecule has 0 spiro atoms. The molecule has 1 rings (SSSR count). The van der Waals surface area contributed by atoms with Crippen molar-refractivity contribution in [2.75, 3.05) is 85.2 Å². The molecule has 0 saturated carbocycles. The molecule has 1 aliphatic heterocycles. The first-order valence-electron chi connectivity index (χ1n) is 9.75. The van der Waals surface area contributed by atoms with Crippen LogP contribution in [0.15, 0.2) is 0 Å². The van der Waals surface area contributed by atoms with E-state index in [1.54, 1.807) is 0 Å². The summed E-state index contributed by atoms with van der Waals surface area (Å²) < 4.78 is 0. The van der Waals surface area contributed by atoms with Gasteiger partial charge in [0.1, 0.15) is 0 Å². The molecular weight excluding hydrogens is 399 g/mol. The lowest BCUT2D eigenvalue weighted by Crippen LogP contribution is -2.40. The Labute approximate surface area is 173 Å². The van der Waals surface area contributed by atoms with Gasteiger partial charge in [-0.05, 0) is 25.4 Å². The zero-order chi connectivity index (χ0) is 21.6. The van der Waals surface area contributed by atoms with Gasteiger partial charge in [0.25, 0.3) is 0 Å². The Hall–Kier alpha value is -1.58. The van der Waals surface area contributed by atoms with E-state index < -0.39 is 17.9 Å². The van der Waals surface area contributed by atoms with Gasteiger partial charge in [-0.15, -0.1) is 8.20 Å². The van der Waals surface area contributed by atoms with Crippen molar-refractivity contribution in [3.05, 3.63) is 0 Å². The van der Waals surface area contributed by atoms with Crippen molar-refractivity contribution in [3.8, 4) is 0 Å². The summed E-state index contributed by atoms with van der Waals surface area (Å²) in [7, 11) is 1.11. The fourth-order valence-corrected chi connectivity index (χ4v) is 3.64. The molecule has 0 aromatic rings. The highest BCUT2D eigenvalue weighted by atomic mass is 31.1. The molecule has 3 N–H and O–H groups in total. The Morgan fingerprint density at radius 3 is 1.76 bits per heavy atom. The van der Waals surface area contributed by atoms with E-state index in [9.17, 15) is 14.4 Å². The van der Waals surface area contributed by atoms with Crippen LogP contribution in [0.25, 0.3) is 0 Å². The maximum atomic E-state index is 11.1. The summed E-state index contributed by atoms with van der Waals surface area (Å²) in [6.45, 7) is 7.57. The van der Waals surface area contributed by atoms with Crippen molar-refractivity contribution >= 4 is 31.9 Å². The standard InChI is InChI=1S/C18H33N4O6P/c1-29-12-11-20(13-16(23)24)4-2-3-19-5-7-21(14-17(25)26)9-10-22(8-6-19)15-18(27)28/h12H,2-11,13-15H2,1H3,(H,23,24)(H,25,26)(H,27,28). The fraction of sp³-hybridized carbons (Fsp3) is 0.778. The molecule has 0 aromatic carbocycles. The zero-order valence-electron chi connectivity index (χ0n) is 17.1. The highest BCUT2D eigenvalue weighted by Crippen LogP contribution is 2.03. The number of carboxylic acids is 3. The van der Waals surface area contributed by atoms with Crippen molar-refractivity contribution in [2.45, 2.75) is 6.42 Å². The largest absolute Gasteiger partial charge is 0.480 e. The number of hydrogen-bond acceptors (Lipinski definition) is 7. The molecular formula is C18H33N4O6P. The number of aliphatic carboxylic acids is 3. The van der Waals surface area contributed by atoms with E-state index in [0.717, 1.165) is 21.2 Å². The van der Waals surface area contributed by atoms with Gasteiger partial charge < -0.3 is 20.2 Å². The summed E-state index contributed by atoms with van der Waals surface area (Å²) in [4.78, 5) is 41.0. The molecule has 1 saturated heterocycles. The summed E-state index contributed by atoms with van der Waals surface area (Å²) >= 11 is 0. The van der Waals surface area contributed by atoms with Crippen LogP contribution in [0.5, 0.6) is 0 Å². The smallest absolute Gasteiger partial charge is 0.317 e. The second kappa shape index (κ2) is 14.4. The first-order valence-corrected chi connectivity index (χ1v) is 11.2. The highest BCUT2D eigenvalue weighted by Gasteiger charge is 2.19. The van der Waals surface area contributed by atoms with Gasteiger partial charge in [0, 0.05) is 52.4 Å². The van der Waals surface area contributed by atoms with Crippen molar-refractivity contribution in [3.63, 3.8) is 0 Å². The van der Waals surface area contributed by atoms with Crippen molar-refractivity contribution < 1.29 is 29.7 Å². The van der Waals surface area contributed by atoms with Gasteiger partial charge in [0.15, 0.2) is 0 Å². The summed E-state index contributed by atoms with van der Waals surface area (Å²) in [5, 5.41) is 27.3. The van der Waals surface area contributed by atoms with E-state index in [4.69, 9.17) is 15.3 Å². The third-order valence-electron chi connectivity index (χ3n) is 4.75. The minimum atomic E-state index is -0.892. The molecule has 0 bridgehead atoms. The van der Waals surface area contributed by atoms with Crippen LogP contribution in [-0.2, 0) is 14.4 Å². The van der Waals surface area contributed by atoms with Crippen molar-refractivity contribution in [1.29, 1.82) is 0 Å². The van der Waals surface area contributed by atoms with E-state index in [2.05, 4.69) is 4.90 Å². The Bertz CT molecular complexity index is 534. The second-order valence-electron chi connectivity index (χ2n) is 7.10. The topological polar surface area (TPSA) is 125 Å². The summed E-state index contributed by atoms with van der Waals surface area (Å²) in [5.41, 5.74) is 0. The van der Waals surface area contributed by atoms with E-state index >= 15 is 0 Å². The number of rotatable bonds is 12. The van der Waals surface area contributed by atoms with E-state index in [0.29, 0.717) is 52.4 Å². The molecule has 0 unspecified atom stereocenters. The van der Waals surface area contributed by atoms with Gasteiger partial charge in [0.05, 0.1) is 19.6 Å². The van der Waals surface area contributed by atoms with Crippen LogP contribution in [0.1, 0.15) is 6.42 Å². The molecule has 1 fully saturated rings.